The minimum Gasteiger partial charge on any atom is -0.367 e. The highest BCUT2D eigenvalue weighted by Gasteiger charge is 2.39. The van der Waals surface area contributed by atoms with Gasteiger partial charge in [0.15, 0.2) is 0 Å². The lowest BCUT2D eigenvalue weighted by Crippen LogP contribution is -2.09. The molecule has 1 heterocycles. The third-order valence-electron chi connectivity index (χ3n) is 3.44. The molecule has 1 aliphatic carbocycles. The van der Waals surface area contributed by atoms with E-state index in [1.165, 1.54) is 11.8 Å². The first-order valence-corrected chi connectivity index (χ1v) is 6.39. The molecule has 1 N–H and O–H groups in total. The number of rotatable bonds is 3. The number of benzene rings is 1. The molecular formula is C15H13F3N2. The maximum absolute atomic E-state index is 12.6. The molecule has 1 fully saturated rings. The molecule has 0 amide bonds. The smallest absolute Gasteiger partial charge is 0.367 e. The van der Waals surface area contributed by atoms with Gasteiger partial charge in [-0.25, -0.2) is 4.98 Å². The lowest BCUT2D eigenvalue weighted by molar-refractivity contribution is -0.137. The maximum atomic E-state index is 12.6. The minimum absolute atomic E-state index is 0.161. The molecule has 0 saturated heterocycles. The Bertz CT molecular complexity index is 596. The van der Waals surface area contributed by atoms with Gasteiger partial charge < -0.3 is 5.32 Å². The number of nitrogens with zero attached hydrogens (tertiary/aromatic N) is 1. The molecule has 1 saturated carbocycles. The minimum atomic E-state index is -4.33. The predicted octanol–water partition coefficient (Wildman–Crippen LogP) is 4.07. The highest BCUT2D eigenvalue weighted by Crippen LogP contribution is 2.42. The van der Waals surface area contributed by atoms with E-state index in [0.717, 1.165) is 18.6 Å². The summed E-state index contributed by atoms with van der Waals surface area (Å²) >= 11 is 0. The number of nitrogens with one attached hydrogen (secondary N) is 1. The Balaban J connectivity index is 1.69. The van der Waals surface area contributed by atoms with Crippen LogP contribution in [0.1, 0.15) is 23.5 Å². The second kappa shape index (κ2) is 4.81. The van der Waals surface area contributed by atoms with E-state index in [1.807, 2.05) is 30.3 Å². The Morgan fingerprint density at radius 3 is 2.55 bits per heavy atom. The van der Waals surface area contributed by atoms with Crippen molar-refractivity contribution in [2.45, 2.75) is 24.6 Å². The molecule has 0 aliphatic heterocycles. The van der Waals surface area contributed by atoms with Gasteiger partial charge in [-0.2, -0.15) is 13.2 Å². The topological polar surface area (TPSA) is 24.9 Å². The molecule has 0 bridgehead atoms. The van der Waals surface area contributed by atoms with Crippen molar-refractivity contribution in [3.05, 3.63) is 59.8 Å². The molecular weight excluding hydrogens is 265 g/mol. The molecule has 2 unspecified atom stereocenters. The van der Waals surface area contributed by atoms with Crippen LogP contribution in [0.25, 0.3) is 0 Å². The SMILES string of the molecule is FC(F)(F)c1ccnc(NC2CC2c2ccccc2)c1. The van der Waals surface area contributed by atoms with E-state index in [-0.39, 0.29) is 11.9 Å². The maximum Gasteiger partial charge on any atom is 0.416 e. The van der Waals surface area contributed by atoms with Crippen molar-refractivity contribution >= 4 is 5.82 Å². The summed E-state index contributed by atoms with van der Waals surface area (Å²) in [4.78, 5) is 3.95. The van der Waals surface area contributed by atoms with E-state index in [2.05, 4.69) is 10.3 Å². The summed E-state index contributed by atoms with van der Waals surface area (Å²) in [7, 11) is 0. The summed E-state index contributed by atoms with van der Waals surface area (Å²) in [5.74, 6) is 0.635. The highest BCUT2D eigenvalue weighted by molar-refractivity contribution is 5.44. The number of hydrogen-bond acceptors (Lipinski definition) is 2. The average molecular weight is 278 g/mol. The van der Waals surface area contributed by atoms with Gasteiger partial charge in [0.05, 0.1) is 5.56 Å². The fraction of sp³-hybridized carbons (Fsp3) is 0.267. The number of anilines is 1. The van der Waals surface area contributed by atoms with Crippen LogP contribution in [0.15, 0.2) is 48.7 Å². The molecule has 3 rings (SSSR count). The second-order valence-electron chi connectivity index (χ2n) is 4.93. The van der Waals surface area contributed by atoms with Crippen molar-refractivity contribution in [2.75, 3.05) is 5.32 Å². The number of alkyl halides is 3. The largest absolute Gasteiger partial charge is 0.416 e. The van der Waals surface area contributed by atoms with Crippen LogP contribution in [-0.2, 0) is 6.18 Å². The molecule has 5 heteroatoms. The quantitative estimate of drug-likeness (QED) is 0.915. The summed E-state index contributed by atoms with van der Waals surface area (Å²) < 4.78 is 37.8. The first kappa shape index (κ1) is 13.0. The van der Waals surface area contributed by atoms with Gasteiger partial charge in [0.1, 0.15) is 5.82 Å². The van der Waals surface area contributed by atoms with Crippen LogP contribution < -0.4 is 5.32 Å². The van der Waals surface area contributed by atoms with Crippen molar-refractivity contribution in [1.82, 2.24) is 4.98 Å². The molecule has 2 nitrogen and oxygen atoms in total. The van der Waals surface area contributed by atoms with E-state index < -0.39 is 11.7 Å². The van der Waals surface area contributed by atoms with Crippen molar-refractivity contribution in [3.63, 3.8) is 0 Å². The number of aromatic nitrogens is 1. The van der Waals surface area contributed by atoms with Crippen LogP contribution in [0.5, 0.6) is 0 Å². The van der Waals surface area contributed by atoms with Crippen LogP contribution in [0.2, 0.25) is 0 Å². The fourth-order valence-electron chi connectivity index (χ4n) is 2.30. The normalized spacial score (nSPS) is 21.6. The summed E-state index contributed by atoms with van der Waals surface area (Å²) in [5, 5.41) is 3.07. The molecule has 2 atom stereocenters. The van der Waals surface area contributed by atoms with Crippen LogP contribution in [0.3, 0.4) is 0 Å². The Kier molecular flexibility index (Phi) is 3.12. The molecule has 1 aliphatic rings. The summed E-state index contributed by atoms with van der Waals surface area (Å²) in [5.41, 5.74) is 0.531. The van der Waals surface area contributed by atoms with E-state index >= 15 is 0 Å². The van der Waals surface area contributed by atoms with Gasteiger partial charge in [0, 0.05) is 18.2 Å². The third-order valence-corrected chi connectivity index (χ3v) is 3.44. The Morgan fingerprint density at radius 1 is 1.10 bits per heavy atom. The molecule has 0 spiro atoms. The summed E-state index contributed by atoms with van der Waals surface area (Å²) in [6, 6.07) is 12.1. The molecule has 2 aromatic rings. The highest BCUT2D eigenvalue weighted by atomic mass is 19.4. The van der Waals surface area contributed by atoms with Crippen molar-refractivity contribution < 1.29 is 13.2 Å². The molecule has 1 aromatic heterocycles. The monoisotopic (exact) mass is 278 g/mol. The zero-order valence-corrected chi connectivity index (χ0v) is 10.6. The van der Waals surface area contributed by atoms with Crippen molar-refractivity contribution in [3.8, 4) is 0 Å². The van der Waals surface area contributed by atoms with Crippen LogP contribution in [0, 0.1) is 0 Å². The van der Waals surface area contributed by atoms with Gasteiger partial charge in [-0.15, -0.1) is 0 Å². The molecule has 1 aromatic carbocycles. The third kappa shape index (κ3) is 2.76. The lowest BCUT2D eigenvalue weighted by Gasteiger charge is -2.09. The standard InChI is InChI=1S/C15H13F3N2/c16-15(17,18)11-6-7-19-14(8-11)20-13-9-12(13)10-4-2-1-3-5-10/h1-8,12-13H,9H2,(H,19,20). The van der Waals surface area contributed by atoms with Gasteiger partial charge >= 0.3 is 6.18 Å². The van der Waals surface area contributed by atoms with E-state index in [1.54, 1.807) is 0 Å². The van der Waals surface area contributed by atoms with Crippen molar-refractivity contribution in [1.29, 1.82) is 0 Å². The van der Waals surface area contributed by atoms with E-state index in [0.29, 0.717) is 5.92 Å². The number of hydrogen-bond donors (Lipinski definition) is 1. The Hall–Kier alpha value is -2.04. The average Bonchev–Trinajstić information content (AvgIpc) is 3.18. The van der Waals surface area contributed by atoms with Gasteiger partial charge in [-0.05, 0) is 24.1 Å². The fourth-order valence-corrected chi connectivity index (χ4v) is 2.30. The first-order valence-electron chi connectivity index (χ1n) is 6.39. The van der Waals surface area contributed by atoms with E-state index in [9.17, 15) is 13.2 Å². The van der Waals surface area contributed by atoms with E-state index in [4.69, 9.17) is 0 Å². The van der Waals surface area contributed by atoms with Gasteiger partial charge in [0.2, 0.25) is 0 Å². The zero-order chi connectivity index (χ0) is 14.2. The van der Waals surface area contributed by atoms with Gasteiger partial charge in [0.25, 0.3) is 0 Å². The van der Waals surface area contributed by atoms with Crippen LogP contribution in [0.4, 0.5) is 19.0 Å². The number of halogens is 3. The van der Waals surface area contributed by atoms with Crippen LogP contribution >= 0.6 is 0 Å². The number of pyridine rings is 1. The molecule has 0 radical (unpaired) electrons. The second-order valence-corrected chi connectivity index (χ2v) is 4.93. The zero-order valence-electron chi connectivity index (χ0n) is 10.6. The molecule has 104 valence electrons. The molecule has 20 heavy (non-hydrogen) atoms. The van der Waals surface area contributed by atoms with Gasteiger partial charge in [-0.1, -0.05) is 30.3 Å². The Morgan fingerprint density at radius 2 is 1.85 bits per heavy atom. The summed E-state index contributed by atoms with van der Waals surface area (Å²) in [6.07, 6.45) is -2.23. The van der Waals surface area contributed by atoms with Crippen molar-refractivity contribution in [2.24, 2.45) is 0 Å². The van der Waals surface area contributed by atoms with Crippen LogP contribution in [-0.4, -0.2) is 11.0 Å². The Labute approximate surface area is 114 Å². The summed E-state index contributed by atoms with van der Waals surface area (Å²) in [6.45, 7) is 0. The lowest BCUT2D eigenvalue weighted by atomic mass is 10.1. The predicted molar refractivity (Wildman–Crippen MR) is 70.4 cm³/mol. The van der Waals surface area contributed by atoms with Gasteiger partial charge in [-0.3, -0.25) is 0 Å². The first-order chi connectivity index (χ1) is 9.54.